The number of nitrogens with one attached hydrogen (secondary N) is 1. The Kier molecular flexibility index (Phi) is 10.7. The lowest BCUT2D eigenvalue weighted by Gasteiger charge is -2.33. The standard InChI is InChI=1S/C31H45N3O7S/c1-21-8-10-26(35)20-29(36)41-30(22(2)9-13-28(21)40-31(37)34-16-14-33(4)15-17-34)23(3)18-24-6-5-7-25(19-24)32-42(38,39)27-11-12-27/h5-7,9,13,18-19,21-22,26-28,30,32,35H,8,10-12,14-17,20H2,1-4H3/b13-9+,23-18+/t21-,22-,26+,28+,30-/m0/s1. The zero-order valence-electron chi connectivity index (χ0n) is 25.1. The smallest absolute Gasteiger partial charge is 0.410 e. The number of aliphatic hydroxyl groups excluding tert-OH is 1. The number of rotatable bonds is 6. The van der Waals surface area contributed by atoms with Crippen molar-refractivity contribution in [3.8, 4) is 0 Å². The van der Waals surface area contributed by atoms with Gasteiger partial charge in [-0.15, -0.1) is 0 Å². The molecule has 4 rings (SSSR count). The molecule has 5 atom stereocenters. The minimum Gasteiger partial charge on any atom is -0.457 e. The third-order valence-electron chi connectivity index (χ3n) is 8.21. The summed E-state index contributed by atoms with van der Waals surface area (Å²) in [7, 11) is -1.36. The summed E-state index contributed by atoms with van der Waals surface area (Å²) in [6.45, 7) is 8.59. The van der Waals surface area contributed by atoms with Gasteiger partial charge in [-0.3, -0.25) is 9.52 Å². The van der Waals surface area contributed by atoms with Crippen LogP contribution in [-0.2, 0) is 24.3 Å². The molecule has 232 valence electrons. The maximum atomic E-state index is 13.0. The van der Waals surface area contributed by atoms with Gasteiger partial charge in [0.1, 0.15) is 12.2 Å². The molecule has 1 amide bonds. The highest BCUT2D eigenvalue weighted by Crippen LogP contribution is 2.30. The van der Waals surface area contributed by atoms with E-state index in [0.717, 1.165) is 24.2 Å². The lowest BCUT2D eigenvalue weighted by atomic mass is 9.91. The Morgan fingerprint density at radius 2 is 1.81 bits per heavy atom. The van der Waals surface area contributed by atoms with Gasteiger partial charge in [-0.2, -0.15) is 0 Å². The molecule has 1 aromatic rings. The topological polar surface area (TPSA) is 125 Å². The van der Waals surface area contributed by atoms with Crippen molar-refractivity contribution in [3.05, 3.63) is 47.6 Å². The van der Waals surface area contributed by atoms with Crippen molar-refractivity contribution >= 4 is 33.8 Å². The Morgan fingerprint density at radius 3 is 2.50 bits per heavy atom. The Labute approximate surface area is 249 Å². The average molecular weight is 604 g/mol. The fraction of sp³-hybridized carbons (Fsp3) is 0.613. The SMILES string of the molecule is C/C(=C\c1cccc(NS(=O)(=O)C2CC2)c1)[C@H]1OC(=O)C[C@H](O)CC[C@H](C)[C@H](OC(=O)N2CCN(C)CC2)/C=C/[C@@H]1C. The van der Waals surface area contributed by atoms with Crippen LogP contribution in [0.2, 0.25) is 0 Å². The van der Waals surface area contributed by atoms with Crippen molar-refractivity contribution < 1.29 is 32.6 Å². The molecule has 1 saturated heterocycles. The zero-order chi connectivity index (χ0) is 30.4. The van der Waals surface area contributed by atoms with E-state index < -0.39 is 34.3 Å². The van der Waals surface area contributed by atoms with Crippen LogP contribution in [0.5, 0.6) is 0 Å². The second-order valence-corrected chi connectivity index (χ2v) is 14.0. The summed E-state index contributed by atoms with van der Waals surface area (Å²) in [6.07, 6.45) is 5.50. The van der Waals surface area contributed by atoms with Crippen LogP contribution in [0, 0.1) is 11.8 Å². The van der Waals surface area contributed by atoms with E-state index in [2.05, 4.69) is 9.62 Å². The van der Waals surface area contributed by atoms with E-state index in [1.165, 1.54) is 0 Å². The van der Waals surface area contributed by atoms with E-state index in [4.69, 9.17) is 9.47 Å². The van der Waals surface area contributed by atoms with Gasteiger partial charge in [-0.05, 0) is 74.9 Å². The minimum absolute atomic E-state index is 0.0628. The lowest BCUT2D eigenvalue weighted by molar-refractivity contribution is -0.151. The van der Waals surface area contributed by atoms with Gasteiger partial charge < -0.3 is 24.4 Å². The van der Waals surface area contributed by atoms with Gasteiger partial charge in [0.15, 0.2) is 0 Å². The Hall–Kier alpha value is -2.89. The van der Waals surface area contributed by atoms with E-state index in [0.29, 0.717) is 44.5 Å². The van der Waals surface area contributed by atoms with Crippen LogP contribution in [0.15, 0.2) is 42.0 Å². The number of benzene rings is 1. The molecule has 42 heavy (non-hydrogen) atoms. The van der Waals surface area contributed by atoms with E-state index >= 15 is 0 Å². The fourth-order valence-electron chi connectivity index (χ4n) is 5.29. The molecule has 0 unspecified atom stereocenters. The van der Waals surface area contributed by atoms with Gasteiger partial charge in [0.05, 0.1) is 17.8 Å². The number of cyclic esters (lactones) is 1. The molecular formula is C31H45N3O7S. The first-order chi connectivity index (χ1) is 19.9. The lowest BCUT2D eigenvalue weighted by Crippen LogP contribution is -2.48. The number of nitrogens with zero attached hydrogens (tertiary/aromatic N) is 2. The van der Waals surface area contributed by atoms with Crippen molar-refractivity contribution in [2.24, 2.45) is 11.8 Å². The number of ether oxygens (including phenoxy) is 2. The van der Waals surface area contributed by atoms with Crippen LogP contribution >= 0.6 is 0 Å². The second kappa shape index (κ2) is 14.1. The van der Waals surface area contributed by atoms with Gasteiger partial charge >= 0.3 is 12.1 Å². The predicted molar refractivity (Wildman–Crippen MR) is 162 cm³/mol. The highest BCUT2D eigenvalue weighted by atomic mass is 32.2. The second-order valence-electron chi connectivity index (χ2n) is 12.1. The maximum Gasteiger partial charge on any atom is 0.410 e. The van der Waals surface area contributed by atoms with Gasteiger partial charge in [-0.1, -0.05) is 38.1 Å². The normalized spacial score (nSPS) is 29.5. The van der Waals surface area contributed by atoms with Crippen LogP contribution in [-0.4, -0.2) is 92.2 Å². The monoisotopic (exact) mass is 603 g/mol. The molecule has 3 aliphatic rings. The number of carbonyl (C=O) groups is 2. The molecule has 1 aromatic carbocycles. The van der Waals surface area contributed by atoms with E-state index in [9.17, 15) is 23.1 Å². The summed E-state index contributed by atoms with van der Waals surface area (Å²) in [4.78, 5) is 29.7. The third-order valence-corrected chi connectivity index (χ3v) is 10.1. The first-order valence-corrected chi connectivity index (χ1v) is 16.5. The number of piperazine rings is 1. The molecule has 2 N–H and O–H groups in total. The molecule has 0 spiro atoms. The number of likely N-dealkylation sites (N-methyl/N-ethyl adjacent to an activating group) is 1. The van der Waals surface area contributed by atoms with Crippen molar-refractivity contribution in [1.82, 2.24) is 9.80 Å². The van der Waals surface area contributed by atoms with E-state index in [1.54, 1.807) is 23.1 Å². The quantitative estimate of drug-likeness (QED) is 0.369. The number of carbonyl (C=O) groups excluding carboxylic acids is 2. The summed E-state index contributed by atoms with van der Waals surface area (Å²) < 4.78 is 39.3. The number of hydrogen-bond donors (Lipinski definition) is 2. The highest BCUT2D eigenvalue weighted by molar-refractivity contribution is 7.93. The molecule has 0 radical (unpaired) electrons. The van der Waals surface area contributed by atoms with Crippen molar-refractivity contribution in [1.29, 1.82) is 0 Å². The van der Waals surface area contributed by atoms with Crippen LogP contribution in [0.4, 0.5) is 10.5 Å². The molecule has 2 fully saturated rings. The van der Waals surface area contributed by atoms with Gasteiger partial charge in [0, 0.05) is 37.8 Å². The molecule has 0 bridgehead atoms. The first-order valence-electron chi connectivity index (χ1n) is 14.9. The minimum atomic E-state index is -3.39. The van der Waals surface area contributed by atoms with Crippen LogP contribution in [0.25, 0.3) is 6.08 Å². The Morgan fingerprint density at radius 1 is 1.10 bits per heavy atom. The van der Waals surface area contributed by atoms with Gasteiger partial charge in [0.25, 0.3) is 0 Å². The van der Waals surface area contributed by atoms with Crippen molar-refractivity contribution in [3.63, 3.8) is 0 Å². The van der Waals surface area contributed by atoms with Crippen LogP contribution in [0.3, 0.4) is 0 Å². The number of anilines is 1. The van der Waals surface area contributed by atoms with Gasteiger partial charge in [0.2, 0.25) is 10.0 Å². The van der Waals surface area contributed by atoms with Crippen LogP contribution in [0.1, 0.15) is 58.4 Å². The predicted octanol–water partition coefficient (Wildman–Crippen LogP) is 4.03. The fourth-order valence-corrected chi connectivity index (χ4v) is 6.67. The number of hydrogen-bond acceptors (Lipinski definition) is 8. The first kappa shape index (κ1) is 32.0. The summed E-state index contributed by atoms with van der Waals surface area (Å²) in [5.74, 6) is -0.819. The molecular weight excluding hydrogens is 558 g/mol. The average Bonchev–Trinajstić information content (AvgIpc) is 3.79. The summed E-state index contributed by atoms with van der Waals surface area (Å²) in [5.41, 5.74) is 2.00. The molecule has 0 aromatic heterocycles. The number of esters is 1. The maximum absolute atomic E-state index is 13.0. The summed E-state index contributed by atoms with van der Waals surface area (Å²) in [5, 5.41) is 10.2. The van der Waals surface area contributed by atoms with E-state index in [1.807, 2.05) is 52.1 Å². The Bertz CT molecular complexity index is 1270. The number of aliphatic hydroxyl groups is 1. The summed E-state index contributed by atoms with van der Waals surface area (Å²) >= 11 is 0. The number of amides is 1. The third kappa shape index (κ3) is 9.05. The molecule has 1 saturated carbocycles. The molecule has 10 nitrogen and oxygen atoms in total. The van der Waals surface area contributed by atoms with E-state index in [-0.39, 0.29) is 29.6 Å². The van der Waals surface area contributed by atoms with Crippen molar-refractivity contribution in [2.45, 2.75) is 76.4 Å². The van der Waals surface area contributed by atoms with Crippen LogP contribution < -0.4 is 4.72 Å². The largest absolute Gasteiger partial charge is 0.457 e. The molecule has 1 aliphatic carbocycles. The molecule has 11 heteroatoms. The zero-order valence-corrected chi connectivity index (χ0v) is 25.9. The highest BCUT2D eigenvalue weighted by Gasteiger charge is 2.35. The molecule has 2 aliphatic heterocycles. The summed E-state index contributed by atoms with van der Waals surface area (Å²) in [6, 6.07) is 7.09. The Balaban J connectivity index is 1.53. The van der Waals surface area contributed by atoms with Gasteiger partial charge in [-0.25, -0.2) is 13.2 Å². The molecule has 2 heterocycles. The van der Waals surface area contributed by atoms with Crippen molar-refractivity contribution in [2.75, 3.05) is 37.9 Å². The number of sulfonamides is 1.